The summed E-state index contributed by atoms with van der Waals surface area (Å²) in [6.07, 6.45) is 2.92. The van der Waals surface area contributed by atoms with Crippen LogP contribution in [0.4, 0.5) is 0 Å². The zero-order chi connectivity index (χ0) is 12.1. The number of hydrogen-bond acceptors (Lipinski definition) is 3. The van der Waals surface area contributed by atoms with Gasteiger partial charge in [0.05, 0.1) is 5.97 Å². The van der Waals surface area contributed by atoms with Gasteiger partial charge in [0.2, 0.25) is 0 Å². The lowest BCUT2D eigenvalue weighted by Crippen LogP contribution is -2.31. The van der Waals surface area contributed by atoms with Crippen molar-refractivity contribution in [1.29, 1.82) is 0 Å². The van der Waals surface area contributed by atoms with Gasteiger partial charge in [0, 0.05) is 19.6 Å². The van der Waals surface area contributed by atoms with E-state index in [0.29, 0.717) is 0 Å². The lowest BCUT2D eigenvalue weighted by Gasteiger charge is -2.28. The maximum atomic E-state index is 10.4. The van der Waals surface area contributed by atoms with Crippen LogP contribution in [0.5, 0.6) is 0 Å². The molecule has 0 aromatic heterocycles. The number of carbonyl (C=O) groups is 1. The zero-order valence-electron chi connectivity index (χ0n) is 9.76. The molecule has 0 saturated carbocycles. The molecule has 1 saturated heterocycles. The minimum atomic E-state index is -1.07. The number of likely N-dealkylation sites (tertiary alicyclic amines) is 1. The Morgan fingerprint density at radius 3 is 2.47 bits per heavy atom. The van der Waals surface area contributed by atoms with Crippen molar-refractivity contribution < 1.29 is 9.90 Å². The first kappa shape index (κ1) is 11.9. The Hall–Kier alpha value is -1.61. The number of rotatable bonds is 3. The highest BCUT2D eigenvalue weighted by molar-refractivity contribution is 5.78. The van der Waals surface area contributed by atoms with Gasteiger partial charge in [0.1, 0.15) is 0 Å². The molecule has 1 heterocycles. The standard InChI is InChI=1S/C14H17NO2/c16-14(17)10-12-6-8-15(9-7-12)11-13-4-2-1-3-5-13/h1-5,10H,6-9,11H2,(H,16,17)/p-1. The van der Waals surface area contributed by atoms with Crippen molar-refractivity contribution in [2.75, 3.05) is 13.1 Å². The van der Waals surface area contributed by atoms with Crippen LogP contribution in [0.3, 0.4) is 0 Å². The molecule has 0 radical (unpaired) electrons. The second-order valence-electron chi connectivity index (χ2n) is 4.38. The Labute approximate surface area is 101 Å². The van der Waals surface area contributed by atoms with E-state index in [1.54, 1.807) is 0 Å². The first-order chi connectivity index (χ1) is 8.24. The summed E-state index contributed by atoms with van der Waals surface area (Å²) in [5.41, 5.74) is 2.30. The second kappa shape index (κ2) is 5.64. The minimum absolute atomic E-state index is 0.834. The Morgan fingerprint density at radius 2 is 1.88 bits per heavy atom. The van der Waals surface area contributed by atoms with Gasteiger partial charge in [-0.1, -0.05) is 35.9 Å². The molecule has 0 spiro atoms. The average molecular weight is 230 g/mol. The normalized spacial score (nSPS) is 16.8. The number of carboxylic acid groups (broad SMARTS) is 1. The summed E-state index contributed by atoms with van der Waals surface area (Å²) < 4.78 is 0. The zero-order valence-corrected chi connectivity index (χ0v) is 9.76. The lowest BCUT2D eigenvalue weighted by atomic mass is 10.0. The minimum Gasteiger partial charge on any atom is -0.545 e. The molecule has 0 N–H and O–H groups in total. The SMILES string of the molecule is O=C([O-])C=C1CCN(Cc2ccccc2)CC1. The summed E-state index contributed by atoms with van der Waals surface area (Å²) in [5, 5.41) is 10.4. The Kier molecular flexibility index (Phi) is 3.94. The molecule has 90 valence electrons. The molecule has 1 aliphatic heterocycles. The smallest absolute Gasteiger partial charge is 0.0642 e. The van der Waals surface area contributed by atoms with Gasteiger partial charge in [-0.05, 0) is 24.5 Å². The fourth-order valence-corrected chi connectivity index (χ4v) is 2.15. The largest absolute Gasteiger partial charge is 0.545 e. The molecule has 1 aromatic rings. The summed E-state index contributed by atoms with van der Waals surface area (Å²) >= 11 is 0. The van der Waals surface area contributed by atoms with Crippen LogP contribution >= 0.6 is 0 Å². The Bertz CT molecular complexity index is 401. The highest BCUT2D eigenvalue weighted by atomic mass is 16.4. The molecule has 1 aromatic carbocycles. The van der Waals surface area contributed by atoms with Crippen LogP contribution in [0.1, 0.15) is 18.4 Å². The average Bonchev–Trinajstić information content (AvgIpc) is 2.32. The van der Waals surface area contributed by atoms with Crippen LogP contribution in [0.25, 0.3) is 0 Å². The highest BCUT2D eigenvalue weighted by Gasteiger charge is 2.13. The molecule has 1 aliphatic rings. The van der Waals surface area contributed by atoms with E-state index in [9.17, 15) is 9.90 Å². The molecular formula is C14H16NO2-. The van der Waals surface area contributed by atoms with Crippen molar-refractivity contribution in [3.05, 3.63) is 47.5 Å². The first-order valence-corrected chi connectivity index (χ1v) is 5.91. The van der Waals surface area contributed by atoms with E-state index in [0.717, 1.165) is 38.0 Å². The number of aliphatic carboxylic acids is 1. The Morgan fingerprint density at radius 1 is 1.24 bits per heavy atom. The van der Waals surface area contributed by atoms with Crippen LogP contribution in [-0.4, -0.2) is 24.0 Å². The number of carboxylic acids is 1. The molecule has 17 heavy (non-hydrogen) atoms. The highest BCUT2D eigenvalue weighted by Crippen LogP contribution is 2.17. The van der Waals surface area contributed by atoms with E-state index < -0.39 is 5.97 Å². The molecule has 0 unspecified atom stereocenters. The van der Waals surface area contributed by atoms with Gasteiger partial charge in [-0.25, -0.2) is 0 Å². The first-order valence-electron chi connectivity index (χ1n) is 5.91. The molecule has 0 atom stereocenters. The predicted molar refractivity (Wildman–Crippen MR) is 64.0 cm³/mol. The van der Waals surface area contributed by atoms with Crippen LogP contribution in [-0.2, 0) is 11.3 Å². The van der Waals surface area contributed by atoms with E-state index in [4.69, 9.17) is 0 Å². The maximum Gasteiger partial charge on any atom is 0.0642 e. The van der Waals surface area contributed by atoms with Crippen molar-refractivity contribution in [3.8, 4) is 0 Å². The number of nitrogens with zero attached hydrogens (tertiary/aromatic N) is 1. The number of piperidine rings is 1. The molecular weight excluding hydrogens is 214 g/mol. The molecule has 0 amide bonds. The topological polar surface area (TPSA) is 43.4 Å². The third kappa shape index (κ3) is 3.71. The van der Waals surface area contributed by atoms with E-state index >= 15 is 0 Å². The quantitative estimate of drug-likeness (QED) is 0.726. The Balaban J connectivity index is 1.86. The van der Waals surface area contributed by atoms with E-state index in [1.807, 2.05) is 18.2 Å². The number of hydrogen-bond donors (Lipinski definition) is 0. The molecule has 0 aliphatic carbocycles. The molecule has 0 bridgehead atoms. The summed E-state index contributed by atoms with van der Waals surface area (Å²) in [7, 11) is 0. The number of carbonyl (C=O) groups excluding carboxylic acids is 1. The fraction of sp³-hybridized carbons (Fsp3) is 0.357. The van der Waals surface area contributed by atoms with E-state index in [-0.39, 0.29) is 0 Å². The molecule has 1 fully saturated rings. The lowest BCUT2D eigenvalue weighted by molar-refractivity contribution is -0.297. The summed E-state index contributed by atoms with van der Waals surface area (Å²) in [6, 6.07) is 10.3. The summed E-state index contributed by atoms with van der Waals surface area (Å²) in [4.78, 5) is 12.8. The van der Waals surface area contributed by atoms with E-state index in [1.165, 1.54) is 11.6 Å². The second-order valence-corrected chi connectivity index (χ2v) is 4.38. The van der Waals surface area contributed by atoms with Crippen molar-refractivity contribution >= 4 is 5.97 Å². The van der Waals surface area contributed by atoms with Crippen LogP contribution < -0.4 is 5.11 Å². The summed E-state index contributed by atoms with van der Waals surface area (Å²) in [6.45, 7) is 2.79. The van der Waals surface area contributed by atoms with E-state index in [2.05, 4.69) is 17.0 Å². The predicted octanol–water partition coefficient (Wildman–Crippen LogP) is 0.959. The molecule has 3 nitrogen and oxygen atoms in total. The monoisotopic (exact) mass is 230 g/mol. The van der Waals surface area contributed by atoms with Gasteiger partial charge in [-0.2, -0.15) is 0 Å². The van der Waals surface area contributed by atoms with Crippen molar-refractivity contribution in [3.63, 3.8) is 0 Å². The van der Waals surface area contributed by atoms with Crippen LogP contribution in [0.2, 0.25) is 0 Å². The van der Waals surface area contributed by atoms with Crippen molar-refractivity contribution in [1.82, 2.24) is 4.90 Å². The number of benzene rings is 1. The van der Waals surface area contributed by atoms with Gasteiger partial charge in [-0.15, -0.1) is 0 Å². The van der Waals surface area contributed by atoms with Gasteiger partial charge >= 0.3 is 0 Å². The maximum absolute atomic E-state index is 10.4. The van der Waals surface area contributed by atoms with Gasteiger partial charge in [-0.3, -0.25) is 4.90 Å². The van der Waals surface area contributed by atoms with Gasteiger partial charge < -0.3 is 9.90 Å². The van der Waals surface area contributed by atoms with Crippen LogP contribution in [0.15, 0.2) is 42.0 Å². The third-order valence-electron chi connectivity index (χ3n) is 3.07. The third-order valence-corrected chi connectivity index (χ3v) is 3.07. The molecule has 3 heteroatoms. The van der Waals surface area contributed by atoms with Crippen molar-refractivity contribution in [2.24, 2.45) is 0 Å². The summed E-state index contributed by atoms with van der Waals surface area (Å²) in [5.74, 6) is -1.07. The molecule has 2 rings (SSSR count). The van der Waals surface area contributed by atoms with Crippen molar-refractivity contribution in [2.45, 2.75) is 19.4 Å². The van der Waals surface area contributed by atoms with Crippen LogP contribution in [0, 0.1) is 0 Å². The van der Waals surface area contributed by atoms with Gasteiger partial charge in [0.25, 0.3) is 0 Å². The fourth-order valence-electron chi connectivity index (χ4n) is 2.15. The van der Waals surface area contributed by atoms with Gasteiger partial charge in [0.15, 0.2) is 0 Å².